The molecule has 0 radical (unpaired) electrons. The number of halogens is 3. The van der Waals surface area contributed by atoms with Gasteiger partial charge in [0.15, 0.2) is 0 Å². The number of carboxylic acid groups (broad SMARTS) is 1. The first-order valence-electron chi connectivity index (χ1n) is 10.1. The summed E-state index contributed by atoms with van der Waals surface area (Å²) < 4.78 is 44.9. The molecule has 2 aromatic heterocycles. The molecule has 0 saturated heterocycles. The van der Waals surface area contributed by atoms with Gasteiger partial charge in [-0.15, -0.1) is 0 Å². The first-order chi connectivity index (χ1) is 15.0. The van der Waals surface area contributed by atoms with Gasteiger partial charge < -0.3 is 23.8 Å². The number of alkyl halides is 3. The number of hydrogen-bond acceptors (Lipinski definition) is 6. The maximum Gasteiger partial charge on any atom is 0.490 e. The normalized spacial score (nSPS) is 18.1. The molecule has 2 aromatic rings. The van der Waals surface area contributed by atoms with Gasteiger partial charge in [-0.05, 0) is 32.6 Å². The third kappa shape index (κ3) is 5.47. The van der Waals surface area contributed by atoms with Crippen molar-refractivity contribution < 1.29 is 37.1 Å². The Hall–Kier alpha value is -2.89. The van der Waals surface area contributed by atoms with Crippen molar-refractivity contribution in [2.45, 2.75) is 45.3 Å². The summed E-state index contributed by atoms with van der Waals surface area (Å²) >= 11 is 0. The number of amides is 1. The molecule has 3 heterocycles. The zero-order valence-corrected chi connectivity index (χ0v) is 18.0. The third-order valence-electron chi connectivity index (χ3n) is 5.38. The van der Waals surface area contributed by atoms with Gasteiger partial charge >= 0.3 is 12.1 Å². The van der Waals surface area contributed by atoms with Crippen molar-refractivity contribution in [1.82, 2.24) is 19.6 Å². The fourth-order valence-electron chi connectivity index (χ4n) is 3.63. The fourth-order valence-corrected chi connectivity index (χ4v) is 3.63. The summed E-state index contributed by atoms with van der Waals surface area (Å²) in [7, 11) is 2.01. The minimum atomic E-state index is -5.08. The molecule has 0 spiro atoms. The van der Waals surface area contributed by atoms with Crippen LogP contribution >= 0.6 is 0 Å². The number of aryl methyl sites for hydroxylation is 3. The number of carboxylic acids is 1. The minimum Gasteiger partial charge on any atom is -0.475 e. The van der Waals surface area contributed by atoms with E-state index >= 15 is 0 Å². The Kier molecular flexibility index (Phi) is 6.91. The van der Waals surface area contributed by atoms with Crippen LogP contribution in [0.4, 0.5) is 13.2 Å². The SMILES string of the molecule is Cc1noc(C)c1C(=O)N1Cc2ncn(C)c2C(COCC2CC2)C1.O=C(O)C(F)(F)F. The molecule has 1 aliphatic carbocycles. The maximum atomic E-state index is 13.0. The molecule has 176 valence electrons. The summed E-state index contributed by atoms with van der Waals surface area (Å²) in [4.78, 5) is 28.2. The molecule has 0 bridgehead atoms. The average molecular weight is 458 g/mol. The van der Waals surface area contributed by atoms with Crippen LogP contribution in [0.15, 0.2) is 10.9 Å². The molecule has 1 unspecified atom stereocenters. The van der Waals surface area contributed by atoms with Gasteiger partial charge in [0, 0.05) is 31.8 Å². The molecule has 1 fully saturated rings. The maximum absolute atomic E-state index is 13.0. The highest BCUT2D eigenvalue weighted by molar-refractivity contribution is 5.96. The molecule has 32 heavy (non-hydrogen) atoms. The van der Waals surface area contributed by atoms with E-state index in [1.165, 1.54) is 18.5 Å². The van der Waals surface area contributed by atoms with Crippen LogP contribution in [0.3, 0.4) is 0 Å². The summed E-state index contributed by atoms with van der Waals surface area (Å²) in [6, 6.07) is 0. The number of hydrogen-bond donors (Lipinski definition) is 1. The Labute approximate surface area is 182 Å². The first-order valence-corrected chi connectivity index (χ1v) is 10.1. The van der Waals surface area contributed by atoms with Gasteiger partial charge in [-0.3, -0.25) is 4.79 Å². The zero-order valence-electron chi connectivity index (χ0n) is 18.0. The molecule has 9 nitrogen and oxygen atoms in total. The van der Waals surface area contributed by atoms with Crippen molar-refractivity contribution in [3.05, 3.63) is 34.7 Å². The summed E-state index contributed by atoms with van der Waals surface area (Å²) in [5.41, 5.74) is 3.33. The second-order valence-corrected chi connectivity index (χ2v) is 8.05. The van der Waals surface area contributed by atoms with Gasteiger partial charge in [0.25, 0.3) is 5.91 Å². The Morgan fingerprint density at radius 3 is 2.47 bits per heavy atom. The molecular formula is C20H25F3N4O5. The van der Waals surface area contributed by atoms with Crippen LogP contribution in [0, 0.1) is 19.8 Å². The van der Waals surface area contributed by atoms with Crippen molar-refractivity contribution in [3.8, 4) is 0 Å². The van der Waals surface area contributed by atoms with Crippen molar-refractivity contribution >= 4 is 11.9 Å². The van der Waals surface area contributed by atoms with Gasteiger partial charge in [-0.2, -0.15) is 13.2 Å². The lowest BCUT2D eigenvalue weighted by atomic mass is 9.98. The number of imidazole rings is 1. The van der Waals surface area contributed by atoms with Crippen molar-refractivity contribution in [2.75, 3.05) is 19.8 Å². The molecule has 1 amide bonds. The summed E-state index contributed by atoms with van der Waals surface area (Å²) in [6.07, 6.45) is -0.709. The van der Waals surface area contributed by atoms with Gasteiger partial charge in [-0.25, -0.2) is 9.78 Å². The lowest BCUT2D eigenvalue weighted by Crippen LogP contribution is -2.40. The van der Waals surface area contributed by atoms with Gasteiger partial charge in [0.05, 0.1) is 30.9 Å². The van der Waals surface area contributed by atoms with Crippen molar-refractivity contribution in [3.63, 3.8) is 0 Å². The van der Waals surface area contributed by atoms with Gasteiger partial charge in [-0.1, -0.05) is 5.16 Å². The predicted octanol–water partition coefficient (Wildman–Crippen LogP) is 2.82. The molecule has 1 saturated carbocycles. The number of ether oxygens (including phenoxy) is 1. The van der Waals surface area contributed by atoms with Crippen LogP contribution < -0.4 is 0 Å². The highest BCUT2D eigenvalue weighted by Gasteiger charge is 2.38. The Bertz CT molecular complexity index is 961. The Morgan fingerprint density at radius 1 is 1.28 bits per heavy atom. The number of carbonyl (C=O) groups is 2. The number of rotatable bonds is 5. The number of fused-ring (bicyclic) bond motifs is 1. The van der Waals surface area contributed by atoms with E-state index < -0.39 is 12.1 Å². The topological polar surface area (TPSA) is 111 Å². The van der Waals surface area contributed by atoms with Gasteiger partial charge in [0.2, 0.25) is 0 Å². The molecular weight excluding hydrogens is 433 g/mol. The molecule has 4 rings (SSSR count). The predicted molar refractivity (Wildman–Crippen MR) is 104 cm³/mol. The number of nitrogens with zero attached hydrogens (tertiary/aromatic N) is 4. The standard InChI is InChI=1S/C18H24N4O3.C2HF3O2/c1-11-16(12(2)25-20-11)18(23)22-6-14(9-24-8-13-4-5-13)17-15(7-22)19-10-21(17)3;3-2(4,5)1(6)7/h10,13-14H,4-9H2,1-3H3;(H,6,7). The van der Waals surface area contributed by atoms with Crippen LogP contribution in [0.25, 0.3) is 0 Å². The summed E-state index contributed by atoms with van der Waals surface area (Å²) in [5, 5.41) is 11.0. The first kappa shape index (κ1) is 23.8. The zero-order chi connectivity index (χ0) is 23.6. The highest BCUT2D eigenvalue weighted by atomic mass is 19.4. The lowest BCUT2D eigenvalue weighted by molar-refractivity contribution is -0.192. The number of aromatic nitrogens is 3. The van der Waals surface area contributed by atoms with E-state index in [9.17, 15) is 18.0 Å². The molecule has 1 aliphatic heterocycles. The van der Waals surface area contributed by atoms with Crippen LogP contribution in [-0.2, 0) is 23.1 Å². The number of aliphatic carboxylic acids is 1. The van der Waals surface area contributed by atoms with Crippen LogP contribution in [0.1, 0.15) is 52.0 Å². The van der Waals surface area contributed by atoms with Crippen molar-refractivity contribution in [2.24, 2.45) is 13.0 Å². The molecule has 1 N–H and O–H groups in total. The molecule has 2 aliphatic rings. The van der Waals surface area contributed by atoms with E-state index in [1.807, 2.05) is 18.3 Å². The Balaban J connectivity index is 0.000000360. The van der Waals surface area contributed by atoms with E-state index in [0.717, 1.165) is 18.2 Å². The Morgan fingerprint density at radius 2 is 1.94 bits per heavy atom. The van der Waals surface area contributed by atoms with E-state index in [1.54, 1.807) is 13.8 Å². The second-order valence-electron chi connectivity index (χ2n) is 8.05. The summed E-state index contributed by atoms with van der Waals surface area (Å²) in [5.74, 6) is -1.36. The van der Waals surface area contributed by atoms with Crippen LogP contribution in [-0.4, -0.2) is 62.5 Å². The average Bonchev–Trinajstić information content (AvgIpc) is 3.38. The highest BCUT2D eigenvalue weighted by Crippen LogP contribution is 2.32. The van der Waals surface area contributed by atoms with Gasteiger partial charge in [0.1, 0.15) is 11.3 Å². The van der Waals surface area contributed by atoms with E-state index in [4.69, 9.17) is 19.2 Å². The fraction of sp³-hybridized carbons (Fsp3) is 0.600. The van der Waals surface area contributed by atoms with Crippen molar-refractivity contribution in [1.29, 1.82) is 0 Å². The van der Waals surface area contributed by atoms with Crippen LogP contribution in [0.5, 0.6) is 0 Å². The van der Waals surface area contributed by atoms with E-state index in [2.05, 4.69) is 14.7 Å². The molecule has 12 heteroatoms. The number of carbonyl (C=O) groups excluding carboxylic acids is 1. The monoisotopic (exact) mass is 458 g/mol. The lowest BCUT2D eigenvalue weighted by Gasteiger charge is -2.33. The smallest absolute Gasteiger partial charge is 0.475 e. The van der Waals surface area contributed by atoms with E-state index in [-0.39, 0.29) is 11.8 Å². The summed E-state index contributed by atoms with van der Waals surface area (Å²) in [6.45, 7) is 6.16. The third-order valence-corrected chi connectivity index (χ3v) is 5.38. The van der Waals surface area contributed by atoms with E-state index in [0.29, 0.717) is 36.7 Å². The molecule has 0 aromatic carbocycles. The quantitative estimate of drug-likeness (QED) is 0.734. The van der Waals surface area contributed by atoms with Crippen LogP contribution in [0.2, 0.25) is 0 Å². The minimum absolute atomic E-state index is 0.0419. The molecule has 1 atom stereocenters. The largest absolute Gasteiger partial charge is 0.490 e. The second kappa shape index (κ2) is 9.31.